The predicted molar refractivity (Wildman–Crippen MR) is 45.8 cm³/mol. The third-order valence-electron chi connectivity index (χ3n) is 2.01. The molecule has 1 aromatic carbocycles. The molecule has 2 aromatic rings. The highest BCUT2D eigenvalue weighted by Crippen LogP contribution is 2.35. The van der Waals surface area contributed by atoms with Gasteiger partial charge in [0.15, 0.2) is 0 Å². The topological polar surface area (TPSA) is 28.7 Å². The van der Waals surface area contributed by atoms with Crippen molar-refractivity contribution in [1.82, 2.24) is 9.97 Å². The van der Waals surface area contributed by atoms with Crippen LogP contribution >= 0.6 is 0 Å². The molecule has 0 unspecified atom stereocenters. The minimum Gasteiger partial charge on any atom is -0.342 e. The minimum absolute atomic E-state index is 0.182. The summed E-state index contributed by atoms with van der Waals surface area (Å²) >= 11 is 0. The standard InChI is InChI=1S/C9H6F4N2/c1-4-14-6-3-2-5(10)7(8(6)15-4)9(11,12)13/h2-3H,1H3,(H,14,15). The number of nitrogens with zero attached hydrogens (tertiary/aromatic N) is 1. The van der Waals surface area contributed by atoms with Crippen molar-refractivity contribution in [3.8, 4) is 0 Å². The maximum absolute atomic E-state index is 13.1. The van der Waals surface area contributed by atoms with E-state index in [0.29, 0.717) is 5.82 Å². The van der Waals surface area contributed by atoms with E-state index in [-0.39, 0.29) is 11.0 Å². The van der Waals surface area contributed by atoms with Gasteiger partial charge in [-0.15, -0.1) is 0 Å². The summed E-state index contributed by atoms with van der Waals surface area (Å²) in [7, 11) is 0. The van der Waals surface area contributed by atoms with Crippen molar-refractivity contribution in [3.05, 3.63) is 29.3 Å². The molecule has 0 atom stereocenters. The van der Waals surface area contributed by atoms with Gasteiger partial charge in [0.25, 0.3) is 0 Å². The van der Waals surface area contributed by atoms with Gasteiger partial charge in [-0.2, -0.15) is 13.2 Å². The van der Waals surface area contributed by atoms with Crippen molar-refractivity contribution in [1.29, 1.82) is 0 Å². The Balaban J connectivity index is 2.85. The monoisotopic (exact) mass is 218 g/mol. The molecule has 0 bridgehead atoms. The number of benzene rings is 1. The Bertz CT molecular complexity index is 513. The molecule has 0 aliphatic rings. The maximum Gasteiger partial charge on any atom is 0.421 e. The summed E-state index contributed by atoms with van der Waals surface area (Å²) in [4.78, 5) is 6.25. The van der Waals surface area contributed by atoms with Crippen molar-refractivity contribution in [3.63, 3.8) is 0 Å². The molecule has 6 heteroatoms. The van der Waals surface area contributed by atoms with Gasteiger partial charge in [0.2, 0.25) is 0 Å². The summed E-state index contributed by atoms with van der Waals surface area (Å²) in [5, 5.41) is 0. The van der Waals surface area contributed by atoms with Crippen molar-refractivity contribution >= 4 is 11.0 Å². The number of fused-ring (bicyclic) bond motifs is 1. The number of aromatic nitrogens is 2. The fraction of sp³-hybridized carbons (Fsp3) is 0.222. The number of hydrogen-bond acceptors (Lipinski definition) is 1. The van der Waals surface area contributed by atoms with Crippen molar-refractivity contribution in [2.45, 2.75) is 13.1 Å². The highest BCUT2D eigenvalue weighted by molar-refractivity contribution is 5.79. The van der Waals surface area contributed by atoms with Crippen LogP contribution in [0.1, 0.15) is 11.4 Å². The van der Waals surface area contributed by atoms with Gasteiger partial charge in [0.05, 0.1) is 5.52 Å². The first-order chi connectivity index (χ1) is 6.89. The van der Waals surface area contributed by atoms with E-state index in [4.69, 9.17) is 0 Å². The van der Waals surface area contributed by atoms with Crippen LogP contribution in [0, 0.1) is 12.7 Å². The number of aryl methyl sites for hydroxylation is 1. The lowest BCUT2D eigenvalue weighted by molar-refractivity contribution is -0.138. The molecular weight excluding hydrogens is 212 g/mol. The largest absolute Gasteiger partial charge is 0.421 e. The maximum atomic E-state index is 13.1. The van der Waals surface area contributed by atoms with E-state index in [1.807, 2.05) is 0 Å². The number of H-pyrrole nitrogens is 1. The van der Waals surface area contributed by atoms with Crippen molar-refractivity contribution in [2.24, 2.45) is 0 Å². The van der Waals surface area contributed by atoms with Gasteiger partial charge >= 0.3 is 6.18 Å². The Labute approximate surface area is 81.9 Å². The molecule has 0 saturated heterocycles. The second-order valence-corrected chi connectivity index (χ2v) is 3.14. The lowest BCUT2D eigenvalue weighted by Crippen LogP contribution is -2.09. The van der Waals surface area contributed by atoms with Gasteiger partial charge in [0.1, 0.15) is 22.7 Å². The third-order valence-corrected chi connectivity index (χ3v) is 2.01. The van der Waals surface area contributed by atoms with E-state index in [1.54, 1.807) is 0 Å². The molecule has 2 rings (SSSR count). The van der Waals surface area contributed by atoms with Crippen LogP contribution in [0.2, 0.25) is 0 Å². The molecule has 1 aromatic heterocycles. The van der Waals surface area contributed by atoms with Gasteiger partial charge < -0.3 is 4.98 Å². The number of halogens is 4. The molecule has 15 heavy (non-hydrogen) atoms. The Kier molecular flexibility index (Phi) is 1.95. The number of aromatic amines is 1. The molecule has 0 saturated carbocycles. The van der Waals surface area contributed by atoms with Crippen LogP contribution in [0.15, 0.2) is 12.1 Å². The molecule has 1 heterocycles. The number of alkyl halides is 3. The second-order valence-electron chi connectivity index (χ2n) is 3.14. The van der Waals surface area contributed by atoms with Crippen LogP contribution in [0.3, 0.4) is 0 Å². The Hall–Kier alpha value is -1.59. The highest BCUT2D eigenvalue weighted by Gasteiger charge is 2.37. The quantitative estimate of drug-likeness (QED) is 0.676. The fourth-order valence-electron chi connectivity index (χ4n) is 1.44. The average molecular weight is 218 g/mol. The lowest BCUT2D eigenvalue weighted by atomic mass is 10.1. The molecule has 80 valence electrons. The Morgan fingerprint density at radius 3 is 2.53 bits per heavy atom. The van der Waals surface area contributed by atoms with Crippen molar-refractivity contribution in [2.75, 3.05) is 0 Å². The van der Waals surface area contributed by atoms with E-state index in [0.717, 1.165) is 6.07 Å². The first kappa shape index (κ1) is 9.95. The van der Waals surface area contributed by atoms with Gasteiger partial charge in [-0.25, -0.2) is 9.37 Å². The highest BCUT2D eigenvalue weighted by atomic mass is 19.4. The first-order valence-corrected chi connectivity index (χ1v) is 4.11. The van der Waals surface area contributed by atoms with Crippen LogP contribution in [-0.2, 0) is 6.18 Å². The minimum atomic E-state index is -4.73. The Morgan fingerprint density at radius 1 is 1.27 bits per heavy atom. The smallest absolute Gasteiger partial charge is 0.342 e. The molecule has 0 radical (unpaired) electrons. The molecule has 0 amide bonds. The summed E-state index contributed by atoms with van der Waals surface area (Å²) in [6.45, 7) is 1.51. The molecule has 0 aliphatic carbocycles. The zero-order valence-electron chi connectivity index (χ0n) is 7.61. The third kappa shape index (κ3) is 1.55. The molecule has 1 N–H and O–H groups in total. The van der Waals surface area contributed by atoms with Crippen LogP contribution < -0.4 is 0 Å². The summed E-state index contributed by atoms with van der Waals surface area (Å²) in [6.07, 6.45) is -4.73. The lowest BCUT2D eigenvalue weighted by Gasteiger charge is -2.07. The van der Waals surface area contributed by atoms with E-state index in [1.165, 1.54) is 13.0 Å². The SMILES string of the molecule is Cc1nc2c(C(F)(F)F)c(F)ccc2[nH]1. The number of rotatable bonds is 0. The van der Waals surface area contributed by atoms with E-state index >= 15 is 0 Å². The summed E-state index contributed by atoms with van der Waals surface area (Å²) in [6, 6.07) is 2.02. The van der Waals surface area contributed by atoms with Crippen molar-refractivity contribution < 1.29 is 17.6 Å². The van der Waals surface area contributed by atoms with Crippen LogP contribution in [-0.4, -0.2) is 9.97 Å². The summed E-state index contributed by atoms with van der Waals surface area (Å²) in [5.41, 5.74) is -1.51. The molecule has 0 fully saturated rings. The van der Waals surface area contributed by atoms with E-state index in [9.17, 15) is 17.6 Å². The molecule has 0 spiro atoms. The zero-order chi connectivity index (χ0) is 11.2. The van der Waals surface area contributed by atoms with Gasteiger partial charge in [0, 0.05) is 0 Å². The Morgan fingerprint density at radius 2 is 1.93 bits per heavy atom. The van der Waals surface area contributed by atoms with Gasteiger partial charge in [-0.05, 0) is 19.1 Å². The average Bonchev–Trinajstić information content (AvgIpc) is 2.41. The molecule has 2 nitrogen and oxygen atoms in total. The normalized spacial score (nSPS) is 12.3. The van der Waals surface area contributed by atoms with Gasteiger partial charge in [-0.3, -0.25) is 0 Å². The first-order valence-electron chi connectivity index (χ1n) is 4.11. The van der Waals surface area contributed by atoms with Crippen LogP contribution in [0.4, 0.5) is 17.6 Å². The van der Waals surface area contributed by atoms with Crippen LogP contribution in [0.5, 0.6) is 0 Å². The number of nitrogens with one attached hydrogen (secondary N) is 1. The van der Waals surface area contributed by atoms with Gasteiger partial charge in [-0.1, -0.05) is 0 Å². The predicted octanol–water partition coefficient (Wildman–Crippen LogP) is 3.03. The van der Waals surface area contributed by atoms with E-state index in [2.05, 4.69) is 9.97 Å². The summed E-state index contributed by atoms with van der Waals surface area (Å²) < 4.78 is 50.5. The number of imidazole rings is 1. The second kappa shape index (κ2) is 2.95. The molecule has 0 aliphatic heterocycles. The zero-order valence-corrected chi connectivity index (χ0v) is 7.61. The van der Waals surface area contributed by atoms with E-state index < -0.39 is 17.6 Å². The molecular formula is C9H6F4N2. The fourth-order valence-corrected chi connectivity index (χ4v) is 1.44. The summed E-state index contributed by atoms with van der Waals surface area (Å²) in [5.74, 6) is -0.984. The van der Waals surface area contributed by atoms with Crippen LogP contribution in [0.25, 0.3) is 11.0 Å². The number of hydrogen-bond donors (Lipinski definition) is 1.